The summed E-state index contributed by atoms with van der Waals surface area (Å²) in [4.78, 5) is 20.1. The second-order valence-electron chi connectivity index (χ2n) is 7.06. The molecule has 0 fully saturated rings. The smallest absolute Gasteiger partial charge is 0.453 e. The summed E-state index contributed by atoms with van der Waals surface area (Å²) in [5.41, 5.74) is 2.02. The molecule has 7 nitrogen and oxygen atoms in total. The van der Waals surface area contributed by atoms with E-state index in [-0.39, 0.29) is 24.1 Å². The number of nitrogens with zero attached hydrogens (tertiary/aromatic N) is 4. The van der Waals surface area contributed by atoms with Gasteiger partial charge in [0.05, 0.1) is 12.5 Å². The molecule has 0 saturated carbocycles. The molecule has 30 heavy (non-hydrogen) atoms. The Hall–Kier alpha value is -3.43. The van der Waals surface area contributed by atoms with Crippen LogP contribution in [0.25, 0.3) is 16.7 Å². The van der Waals surface area contributed by atoms with Crippen LogP contribution in [-0.4, -0.2) is 25.5 Å². The Morgan fingerprint density at radius 1 is 1.23 bits per heavy atom. The number of carbonyl (C=O) groups excluding carboxylic acids is 1. The first-order chi connectivity index (χ1) is 14.1. The van der Waals surface area contributed by atoms with Gasteiger partial charge in [0, 0.05) is 22.3 Å². The van der Waals surface area contributed by atoms with Gasteiger partial charge in [0.2, 0.25) is 5.91 Å². The fourth-order valence-corrected chi connectivity index (χ4v) is 3.32. The Labute approximate surface area is 168 Å². The van der Waals surface area contributed by atoms with E-state index >= 15 is 0 Å². The van der Waals surface area contributed by atoms with Gasteiger partial charge in [-0.1, -0.05) is 18.2 Å². The number of carbonyl (C=O) groups is 1. The van der Waals surface area contributed by atoms with Gasteiger partial charge in [0.15, 0.2) is 0 Å². The zero-order valence-corrected chi connectivity index (χ0v) is 16.4. The van der Waals surface area contributed by atoms with Crippen molar-refractivity contribution in [2.45, 2.75) is 39.4 Å². The number of fused-ring (bicyclic) bond motifs is 2. The van der Waals surface area contributed by atoms with Crippen molar-refractivity contribution < 1.29 is 22.4 Å². The van der Waals surface area contributed by atoms with Crippen LogP contribution in [0.2, 0.25) is 0 Å². The molecule has 10 heteroatoms. The Morgan fingerprint density at radius 3 is 2.67 bits per heavy atom. The van der Waals surface area contributed by atoms with E-state index in [9.17, 15) is 18.0 Å². The van der Waals surface area contributed by atoms with E-state index in [2.05, 4.69) is 20.4 Å². The lowest BCUT2D eigenvalue weighted by Gasteiger charge is -2.14. The molecule has 0 radical (unpaired) electrons. The molecular formula is C20H18F3N5O2. The van der Waals surface area contributed by atoms with Crippen molar-refractivity contribution in [2.24, 2.45) is 0 Å². The molecule has 1 amide bonds. The summed E-state index contributed by atoms with van der Waals surface area (Å²) in [6.07, 6.45) is -4.74. The predicted molar refractivity (Wildman–Crippen MR) is 102 cm³/mol. The van der Waals surface area contributed by atoms with Crippen LogP contribution in [0.15, 0.2) is 34.7 Å². The summed E-state index contributed by atoms with van der Waals surface area (Å²) in [6, 6.07) is 8.99. The third kappa shape index (κ3) is 3.60. The van der Waals surface area contributed by atoms with Crippen LogP contribution in [0, 0.1) is 13.8 Å². The van der Waals surface area contributed by atoms with Crippen LogP contribution < -0.4 is 5.32 Å². The van der Waals surface area contributed by atoms with E-state index in [0.717, 1.165) is 15.5 Å². The molecule has 3 aromatic heterocycles. The lowest BCUT2D eigenvalue weighted by Crippen LogP contribution is -2.28. The minimum Gasteiger partial charge on any atom is -0.459 e. The highest BCUT2D eigenvalue weighted by Gasteiger charge is 2.37. The van der Waals surface area contributed by atoms with E-state index < -0.39 is 12.0 Å². The fraction of sp³-hybridized carbons (Fsp3) is 0.300. The standard InChI is InChI=1S/C20H18F3N5O2/c1-10-14(12(3)28-19(25-10)26-18(27-28)20(21,22)23)9-17(29)24-11(2)16-8-13-6-4-5-7-15(13)30-16/h4-8,11H,9H2,1-3H3,(H,24,29)/t11-/m0/s1. The number of alkyl halides is 3. The van der Waals surface area contributed by atoms with Crippen LogP contribution >= 0.6 is 0 Å². The first-order valence-electron chi connectivity index (χ1n) is 9.21. The Balaban J connectivity index is 1.56. The molecule has 1 aromatic carbocycles. The van der Waals surface area contributed by atoms with Crippen LogP contribution in [0.4, 0.5) is 13.2 Å². The summed E-state index contributed by atoms with van der Waals surface area (Å²) >= 11 is 0. The number of aryl methyl sites for hydroxylation is 2. The number of aromatic nitrogens is 4. The van der Waals surface area contributed by atoms with E-state index in [1.807, 2.05) is 30.3 Å². The summed E-state index contributed by atoms with van der Waals surface area (Å²) in [5, 5.41) is 7.28. The SMILES string of the molecule is Cc1nc2nc(C(F)(F)F)nn2c(C)c1CC(=O)N[C@@H](C)c1cc2ccccc2o1. The normalized spacial score (nSPS) is 13.1. The minimum absolute atomic E-state index is 0.0631. The number of nitrogens with one attached hydrogen (secondary N) is 1. The molecule has 3 heterocycles. The molecular weight excluding hydrogens is 399 g/mol. The molecule has 156 valence electrons. The molecule has 0 unspecified atom stereocenters. The number of amides is 1. The van der Waals surface area contributed by atoms with Gasteiger partial charge in [-0.05, 0) is 32.9 Å². The lowest BCUT2D eigenvalue weighted by atomic mass is 10.1. The molecule has 1 atom stereocenters. The second-order valence-corrected chi connectivity index (χ2v) is 7.06. The number of furan rings is 1. The summed E-state index contributed by atoms with van der Waals surface area (Å²) < 4.78 is 45.5. The molecule has 4 rings (SSSR count). The van der Waals surface area contributed by atoms with E-state index in [4.69, 9.17) is 4.42 Å². The Bertz CT molecular complexity index is 1230. The van der Waals surface area contributed by atoms with Crippen molar-refractivity contribution in [3.8, 4) is 0 Å². The molecule has 0 bridgehead atoms. The predicted octanol–water partition coefficient (Wildman–Crippen LogP) is 3.93. The average molecular weight is 417 g/mol. The van der Waals surface area contributed by atoms with Gasteiger partial charge in [0.1, 0.15) is 11.3 Å². The van der Waals surface area contributed by atoms with Gasteiger partial charge in [-0.2, -0.15) is 18.2 Å². The van der Waals surface area contributed by atoms with E-state index in [0.29, 0.717) is 22.7 Å². The minimum atomic E-state index is -4.67. The van der Waals surface area contributed by atoms with Gasteiger partial charge in [-0.3, -0.25) is 4.79 Å². The monoisotopic (exact) mass is 417 g/mol. The molecule has 4 aromatic rings. The maximum atomic E-state index is 12.9. The summed E-state index contributed by atoms with van der Waals surface area (Å²) in [6.45, 7) is 5.01. The van der Waals surface area contributed by atoms with Gasteiger partial charge >= 0.3 is 6.18 Å². The van der Waals surface area contributed by atoms with Crippen molar-refractivity contribution in [1.82, 2.24) is 24.9 Å². The highest BCUT2D eigenvalue weighted by Crippen LogP contribution is 2.27. The third-order valence-electron chi connectivity index (χ3n) is 4.89. The average Bonchev–Trinajstić information content (AvgIpc) is 3.29. The van der Waals surface area contributed by atoms with E-state index in [1.54, 1.807) is 20.8 Å². The summed E-state index contributed by atoms with van der Waals surface area (Å²) in [5.74, 6) is -1.13. The van der Waals surface area contributed by atoms with E-state index in [1.165, 1.54) is 0 Å². The zero-order chi connectivity index (χ0) is 21.6. The molecule has 0 saturated heterocycles. The number of benzene rings is 1. The number of para-hydroxylation sites is 1. The number of rotatable bonds is 4. The Kier molecular flexibility index (Phi) is 4.71. The maximum absolute atomic E-state index is 12.9. The topological polar surface area (TPSA) is 85.3 Å². The van der Waals surface area contributed by atoms with Crippen LogP contribution in [0.5, 0.6) is 0 Å². The second kappa shape index (κ2) is 7.12. The highest BCUT2D eigenvalue weighted by molar-refractivity contribution is 5.80. The largest absolute Gasteiger partial charge is 0.459 e. The highest BCUT2D eigenvalue weighted by atomic mass is 19.4. The first kappa shape index (κ1) is 19.9. The number of hydrogen-bond acceptors (Lipinski definition) is 5. The van der Waals surface area contributed by atoms with Crippen molar-refractivity contribution in [2.75, 3.05) is 0 Å². The molecule has 0 spiro atoms. The fourth-order valence-electron chi connectivity index (χ4n) is 3.32. The number of hydrogen-bond donors (Lipinski definition) is 1. The Morgan fingerprint density at radius 2 is 1.97 bits per heavy atom. The van der Waals surface area contributed by atoms with Crippen LogP contribution in [0.1, 0.15) is 41.5 Å². The van der Waals surface area contributed by atoms with Crippen molar-refractivity contribution >= 4 is 22.7 Å². The lowest BCUT2D eigenvalue weighted by molar-refractivity contribution is -0.144. The zero-order valence-electron chi connectivity index (χ0n) is 16.4. The maximum Gasteiger partial charge on any atom is 0.453 e. The van der Waals surface area contributed by atoms with Crippen LogP contribution in [-0.2, 0) is 17.4 Å². The molecule has 1 N–H and O–H groups in total. The van der Waals surface area contributed by atoms with Crippen LogP contribution in [0.3, 0.4) is 0 Å². The van der Waals surface area contributed by atoms with Crippen molar-refractivity contribution in [1.29, 1.82) is 0 Å². The van der Waals surface area contributed by atoms with Gasteiger partial charge in [0.25, 0.3) is 11.6 Å². The van der Waals surface area contributed by atoms with Gasteiger partial charge < -0.3 is 9.73 Å². The van der Waals surface area contributed by atoms with Crippen molar-refractivity contribution in [3.05, 3.63) is 58.9 Å². The first-order valence-corrected chi connectivity index (χ1v) is 9.21. The number of halogens is 3. The summed E-state index contributed by atoms with van der Waals surface area (Å²) in [7, 11) is 0. The van der Waals surface area contributed by atoms with Gasteiger partial charge in [-0.15, -0.1) is 5.10 Å². The molecule has 0 aliphatic carbocycles. The quantitative estimate of drug-likeness (QED) is 0.544. The van der Waals surface area contributed by atoms with Gasteiger partial charge in [-0.25, -0.2) is 9.50 Å². The van der Waals surface area contributed by atoms with Crippen molar-refractivity contribution in [3.63, 3.8) is 0 Å². The molecule has 0 aliphatic heterocycles. The molecule has 0 aliphatic rings. The third-order valence-corrected chi connectivity index (χ3v) is 4.89.